The first kappa shape index (κ1) is 14.7. The van der Waals surface area contributed by atoms with Crippen LogP contribution in [0.3, 0.4) is 0 Å². The molecule has 0 radical (unpaired) electrons. The Balaban J connectivity index is 2.11. The van der Waals surface area contributed by atoms with Crippen LogP contribution in [-0.2, 0) is 6.18 Å². The first-order valence-corrected chi connectivity index (χ1v) is 5.88. The number of hydrogen-bond donors (Lipinski definition) is 1. The van der Waals surface area contributed by atoms with E-state index in [1.807, 2.05) is 0 Å². The van der Waals surface area contributed by atoms with Gasteiger partial charge in [-0.3, -0.25) is 9.78 Å². The standard InChI is InChI=1S/C14H10F3N3O/c15-14(16,17)12-4-2-1-3-11(12)9-19-20-13(21)10-5-7-18-8-6-10/h1-9H,(H,20,21). The molecule has 0 aliphatic rings. The average molecular weight is 293 g/mol. The van der Waals surface area contributed by atoms with Crippen molar-refractivity contribution in [3.63, 3.8) is 0 Å². The average Bonchev–Trinajstić information content (AvgIpc) is 2.47. The van der Waals surface area contributed by atoms with Crippen molar-refractivity contribution in [3.8, 4) is 0 Å². The lowest BCUT2D eigenvalue weighted by molar-refractivity contribution is -0.137. The molecule has 2 rings (SSSR count). The van der Waals surface area contributed by atoms with Gasteiger partial charge in [0.2, 0.25) is 0 Å². The fourth-order valence-electron chi connectivity index (χ4n) is 1.60. The summed E-state index contributed by atoms with van der Waals surface area (Å²) < 4.78 is 38.2. The molecule has 0 bridgehead atoms. The summed E-state index contributed by atoms with van der Waals surface area (Å²) in [5.74, 6) is -0.530. The zero-order valence-corrected chi connectivity index (χ0v) is 10.6. The zero-order valence-electron chi connectivity index (χ0n) is 10.6. The third-order valence-corrected chi connectivity index (χ3v) is 2.58. The molecule has 1 heterocycles. The Morgan fingerprint density at radius 1 is 1.14 bits per heavy atom. The van der Waals surface area contributed by atoms with Gasteiger partial charge in [0.1, 0.15) is 0 Å². The van der Waals surface area contributed by atoms with Crippen LogP contribution in [0.1, 0.15) is 21.5 Å². The molecule has 0 saturated heterocycles. The fraction of sp³-hybridized carbons (Fsp3) is 0.0714. The van der Waals surface area contributed by atoms with Gasteiger partial charge in [0, 0.05) is 23.5 Å². The van der Waals surface area contributed by atoms with E-state index in [4.69, 9.17) is 0 Å². The predicted molar refractivity (Wildman–Crippen MR) is 70.7 cm³/mol. The number of nitrogens with zero attached hydrogens (tertiary/aromatic N) is 2. The maximum atomic E-state index is 12.7. The molecule has 1 aromatic carbocycles. The smallest absolute Gasteiger partial charge is 0.267 e. The van der Waals surface area contributed by atoms with Gasteiger partial charge in [0.25, 0.3) is 5.91 Å². The number of alkyl halides is 3. The van der Waals surface area contributed by atoms with Crippen molar-refractivity contribution in [2.45, 2.75) is 6.18 Å². The van der Waals surface area contributed by atoms with Crippen LogP contribution in [0.2, 0.25) is 0 Å². The van der Waals surface area contributed by atoms with Gasteiger partial charge in [0.15, 0.2) is 0 Å². The van der Waals surface area contributed by atoms with Crippen LogP contribution < -0.4 is 5.43 Å². The number of benzene rings is 1. The molecule has 0 saturated carbocycles. The second-order valence-corrected chi connectivity index (χ2v) is 4.02. The van der Waals surface area contributed by atoms with Gasteiger partial charge in [-0.1, -0.05) is 18.2 Å². The SMILES string of the molecule is O=C(NN=Cc1ccccc1C(F)(F)F)c1ccncc1. The summed E-state index contributed by atoms with van der Waals surface area (Å²) in [7, 11) is 0. The van der Waals surface area contributed by atoms with E-state index in [9.17, 15) is 18.0 Å². The van der Waals surface area contributed by atoms with Crippen molar-refractivity contribution in [1.29, 1.82) is 0 Å². The molecular weight excluding hydrogens is 283 g/mol. The molecule has 108 valence electrons. The number of amides is 1. The predicted octanol–water partition coefficient (Wildman–Crippen LogP) is 2.86. The largest absolute Gasteiger partial charge is 0.417 e. The Kier molecular flexibility index (Phi) is 4.32. The zero-order chi connectivity index (χ0) is 15.3. The second-order valence-electron chi connectivity index (χ2n) is 4.02. The van der Waals surface area contributed by atoms with Crippen molar-refractivity contribution >= 4 is 12.1 Å². The highest BCUT2D eigenvalue weighted by atomic mass is 19.4. The first-order valence-electron chi connectivity index (χ1n) is 5.88. The Morgan fingerprint density at radius 3 is 2.48 bits per heavy atom. The van der Waals surface area contributed by atoms with Crippen LogP contribution in [0.5, 0.6) is 0 Å². The molecule has 0 fully saturated rings. The molecule has 0 spiro atoms. The van der Waals surface area contributed by atoms with Gasteiger partial charge in [-0.2, -0.15) is 18.3 Å². The Hall–Kier alpha value is -2.70. The number of carbonyl (C=O) groups is 1. The van der Waals surface area contributed by atoms with E-state index in [2.05, 4.69) is 15.5 Å². The minimum absolute atomic E-state index is 0.125. The summed E-state index contributed by atoms with van der Waals surface area (Å²) in [5.41, 5.74) is 1.53. The maximum Gasteiger partial charge on any atom is 0.417 e. The Bertz CT molecular complexity index is 654. The number of hydrogen-bond acceptors (Lipinski definition) is 3. The number of rotatable bonds is 3. The van der Waals surface area contributed by atoms with Crippen molar-refractivity contribution in [3.05, 3.63) is 65.5 Å². The molecule has 21 heavy (non-hydrogen) atoms. The third kappa shape index (κ3) is 3.88. The topological polar surface area (TPSA) is 54.4 Å². The summed E-state index contributed by atoms with van der Waals surface area (Å²) in [6.07, 6.45) is -0.658. The molecule has 4 nitrogen and oxygen atoms in total. The highest BCUT2D eigenvalue weighted by Crippen LogP contribution is 2.30. The van der Waals surface area contributed by atoms with Crippen LogP contribution >= 0.6 is 0 Å². The van der Waals surface area contributed by atoms with Gasteiger partial charge in [-0.05, 0) is 18.2 Å². The Morgan fingerprint density at radius 2 is 1.81 bits per heavy atom. The summed E-state index contributed by atoms with van der Waals surface area (Å²) in [4.78, 5) is 15.4. The van der Waals surface area contributed by atoms with Gasteiger partial charge in [0.05, 0.1) is 11.8 Å². The van der Waals surface area contributed by atoms with Crippen LogP contribution in [0, 0.1) is 0 Å². The molecule has 7 heteroatoms. The summed E-state index contributed by atoms with van der Waals surface area (Å²) in [6, 6.07) is 7.90. The Labute approximate surface area is 118 Å². The molecule has 0 unspecified atom stereocenters. The normalized spacial score (nSPS) is 11.6. The molecule has 0 aliphatic heterocycles. The van der Waals surface area contributed by atoms with E-state index in [1.165, 1.54) is 42.7 Å². The molecule has 0 aliphatic carbocycles. The molecular formula is C14H10F3N3O. The summed E-state index contributed by atoms with van der Waals surface area (Å²) >= 11 is 0. The van der Waals surface area contributed by atoms with E-state index in [1.54, 1.807) is 0 Å². The minimum atomic E-state index is -4.47. The fourth-order valence-corrected chi connectivity index (χ4v) is 1.60. The van der Waals surface area contributed by atoms with E-state index >= 15 is 0 Å². The van der Waals surface area contributed by atoms with Gasteiger partial charge in [-0.15, -0.1) is 0 Å². The summed E-state index contributed by atoms with van der Waals surface area (Å²) in [6.45, 7) is 0. The van der Waals surface area contributed by atoms with Gasteiger partial charge in [-0.25, -0.2) is 5.43 Å². The van der Waals surface area contributed by atoms with Gasteiger partial charge < -0.3 is 0 Å². The van der Waals surface area contributed by atoms with Crippen molar-refractivity contribution in [1.82, 2.24) is 10.4 Å². The first-order chi connectivity index (χ1) is 9.98. The second kappa shape index (κ2) is 6.17. The number of nitrogens with one attached hydrogen (secondary N) is 1. The lowest BCUT2D eigenvalue weighted by Crippen LogP contribution is -2.18. The lowest BCUT2D eigenvalue weighted by atomic mass is 10.1. The summed E-state index contributed by atoms with van der Waals surface area (Å²) in [5, 5.41) is 3.55. The molecule has 0 atom stereocenters. The number of carbonyl (C=O) groups excluding carboxylic acids is 1. The third-order valence-electron chi connectivity index (χ3n) is 2.58. The van der Waals surface area contributed by atoms with Crippen molar-refractivity contribution < 1.29 is 18.0 Å². The van der Waals surface area contributed by atoms with E-state index in [0.29, 0.717) is 5.56 Å². The van der Waals surface area contributed by atoms with E-state index < -0.39 is 17.6 Å². The number of pyridine rings is 1. The van der Waals surface area contributed by atoms with Crippen molar-refractivity contribution in [2.75, 3.05) is 0 Å². The molecule has 1 aromatic heterocycles. The number of hydrazone groups is 1. The lowest BCUT2D eigenvalue weighted by Gasteiger charge is -2.09. The van der Waals surface area contributed by atoms with Crippen LogP contribution in [0.25, 0.3) is 0 Å². The van der Waals surface area contributed by atoms with Crippen LogP contribution in [0.4, 0.5) is 13.2 Å². The highest BCUT2D eigenvalue weighted by Gasteiger charge is 2.32. The molecule has 2 aromatic rings. The number of aromatic nitrogens is 1. The van der Waals surface area contributed by atoms with Crippen molar-refractivity contribution in [2.24, 2.45) is 5.10 Å². The molecule has 1 N–H and O–H groups in total. The monoisotopic (exact) mass is 293 g/mol. The van der Waals surface area contributed by atoms with Gasteiger partial charge >= 0.3 is 6.18 Å². The number of halogens is 3. The van der Waals surface area contributed by atoms with E-state index in [0.717, 1.165) is 12.3 Å². The molecule has 1 amide bonds. The minimum Gasteiger partial charge on any atom is -0.267 e. The van der Waals surface area contributed by atoms with E-state index in [-0.39, 0.29) is 5.56 Å². The van der Waals surface area contributed by atoms with Crippen LogP contribution in [-0.4, -0.2) is 17.1 Å². The highest BCUT2D eigenvalue weighted by molar-refractivity contribution is 5.94. The van der Waals surface area contributed by atoms with Crippen LogP contribution in [0.15, 0.2) is 53.9 Å². The quantitative estimate of drug-likeness (QED) is 0.699. The maximum absolute atomic E-state index is 12.7.